The molecule has 39 heavy (non-hydrogen) atoms. The molecule has 0 radical (unpaired) electrons. The molecule has 200 valence electrons. The van der Waals surface area contributed by atoms with Crippen LogP contribution in [0.1, 0.15) is 29.7 Å². The number of aromatic nitrogens is 3. The van der Waals surface area contributed by atoms with Crippen LogP contribution < -0.4 is 10.1 Å². The number of aryl methyl sites for hydroxylation is 1. The van der Waals surface area contributed by atoms with Crippen molar-refractivity contribution in [2.75, 3.05) is 38.2 Å². The molecule has 2 N–H and O–H groups in total. The van der Waals surface area contributed by atoms with Gasteiger partial charge in [-0.05, 0) is 69.5 Å². The molecule has 0 amide bonds. The number of anilines is 2. The number of hydrogen-bond acceptors (Lipinski definition) is 9. The first-order valence-electron chi connectivity index (χ1n) is 13.2. The van der Waals surface area contributed by atoms with Crippen molar-refractivity contribution < 1.29 is 9.84 Å². The summed E-state index contributed by atoms with van der Waals surface area (Å²) in [6.07, 6.45) is 8.33. The predicted molar refractivity (Wildman–Crippen MR) is 154 cm³/mol. The van der Waals surface area contributed by atoms with Gasteiger partial charge in [0.2, 0.25) is 5.95 Å². The average Bonchev–Trinajstić information content (AvgIpc) is 3.32. The minimum atomic E-state index is 0.304. The summed E-state index contributed by atoms with van der Waals surface area (Å²) in [4.78, 5) is 17.8. The second-order valence-electron chi connectivity index (χ2n) is 9.68. The molecule has 0 atom stereocenters. The number of aliphatic hydroxyl groups is 1. The van der Waals surface area contributed by atoms with Gasteiger partial charge < -0.3 is 20.1 Å². The fraction of sp³-hybridized carbons (Fsp3) is 0.333. The van der Waals surface area contributed by atoms with E-state index in [4.69, 9.17) is 9.72 Å². The van der Waals surface area contributed by atoms with Crippen molar-refractivity contribution in [1.82, 2.24) is 19.9 Å². The number of piperidine rings is 1. The summed E-state index contributed by atoms with van der Waals surface area (Å²) in [6.45, 7) is 6.02. The maximum atomic E-state index is 9.83. The third-order valence-corrected chi connectivity index (χ3v) is 8.11. The highest BCUT2D eigenvalue weighted by molar-refractivity contribution is 7.16. The highest BCUT2D eigenvalue weighted by atomic mass is 32.1. The lowest BCUT2D eigenvalue weighted by Crippen LogP contribution is -2.35. The number of nitrogens with zero attached hydrogens (tertiary/aromatic N) is 5. The van der Waals surface area contributed by atoms with Crippen LogP contribution in [0.25, 0.3) is 21.7 Å². The van der Waals surface area contributed by atoms with Gasteiger partial charge in [0.25, 0.3) is 0 Å². The fourth-order valence-electron chi connectivity index (χ4n) is 4.85. The summed E-state index contributed by atoms with van der Waals surface area (Å²) in [5.41, 5.74) is 3.97. The van der Waals surface area contributed by atoms with E-state index in [-0.39, 0.29) is 0 Å². The molecule has 1 aromatic carbocycles. The Morgan fingerprint density at radius 1 is 1.18 bits per heavy atom. The van der Waals surface area contributed by atoms with Gasteiger partial charge in [-0.1, -0.05) is 12.1 Å². The van der Waals surface area contributed by atoms with Crippen molar-refractivity contribution in [3.05, 3.63) is 71.5 Å². The molecule has 1 aliphatic rings. The first kappa shape index (κ1) is 26.8. The van der Waals surface area contributed by atoms with Gasteiger partial charge in [-0.2, -0.15) is 5.26 Å². The third-order valence-electron chi connectivity index (χ3n) is 6.98. The van der Waals surface area contributed by atoms with Gasteiger partial charge in [0.1, 0.15) is 11.8 Å². The summed E-state index contributed by atoms with van der Waals surface area (Å²) in [7, 11) is 0. The number of likely N-dealkylation sites (tertiary alicyclic amines) is 1. The minimum absolute atomic E-state index is 0.304. The lowest BCUT2D eigenvalue weighted by atomic mass is 9.98. The molecule has 4 aromatic rings. The maximum absolute atomic E-state index is 9.83. The highest BCUT2D eigenvalue weighted by Gasteiger charge is 2.20. The van der Waals surface area contributed by atoms with E-state index >= 15 is 0 Å². The van der Waals surface area contributed by atoms with Gasteiger partial charge in [-0.15, -0.1) is 11.3 Å². The minimum Gasteiger partial charge on any atom is -0.493 e. The lowest BCUT2D eigenvalue weighted by Gasteiger charge is -2.30. The van der Waals surface area contributed by atoms with E-state index in [1.165, 1.54) is 0 Å². The average molecular weight is 541 g/mol. The Balaban J connectivity index is 1.24. The number of rotatable bonds is 10. The molecule has 1 aliphatic heterocycles. The van der Waals surface area contributed by atoms with Crippen molar-refractivity contribution in [1.29, 1.82) is 5.26 Å². The van der Waals surface area contributed by atoms with E-state index in [1.807, 2.05) is 49.4 Å². The molecule has 0 bridgehead atoms. The lowest BCUT2D eigenvalue weighted by molar-refractivity contribution is 0.126. The maximum Gasteiger partial charge on any atom is 0.227 e. The highest BCUT2D eigenvalue weighted by Crippen LogP contribution is 2.42. The van der Waals surface area contributed by atoms with E-state index < -0.39 is 0 Å². The molecular formula is C30H32N6O2S. The van der Waals surface area contributed by atoms with Crippen molar-refractivity contribution in [3.8, 4) is 33.5 Å². The molecule has 4 heterocycles. The third kappa shape index (κ3) is 6.60. The predicted octanol–water partition coefficient (Wildman–Crippen LogP) is 5.66. The number of nitriles is 1. The molecule has 3 aromatic heterocycles. The molecular weight excluding hydrogens is 508 g/mol. The monoisotopic (exact) mass is 540 g/mol. The van der Waals surface area contributed by atoms with Gasteiger partial charge in [-0.25, -0.2) is 9.97 Å². The molecule has 0 unspecified atom stereocenters. The van der Waals surface area contributed by atoms with Gasteiger partial charge in [-0.3, -0.25) is 4.98 Å². The number of benzene rings is 1. The molecule has 0 spiro atoms. The quantitative estimate of drug-likeness (QED) is 0.248. The Morgan fingerprint density at radius 2 is 2.05 bits per heavy atom. The van der Waals surface area contributed by atoms with Crippen LogP contribution in [0, 0.1) is 24.2 Å². The molecule has 5 rings (SSSR count). The number of ether oxygens (including phenoxy) is 1. The van der Waals surface area contributed by atoms with Crippen molar-refractivity contribution in [2.45, 2.75) is 26.2 Å². The summed E-state index contributed by atoms with van der Waals surface area (Å²) in [5.74, 6) is 1.73. The van der Waals surface area contributed by atoms with E-state index in [0.717, 1.165) is 76.9 Å². The Labute approximate surface area is 233 Å². The summed E-state index contributed by atoms with van der Waals surface area (Å²) >= 11 is 1.55. The Kier molecular flexibility index (Phi) is 8.78. The second kappa shape index (κ2) is 12.8. The van der Waals surface area contributed by atoms with Gasteiger partial charge in [0.05, 0.1) is 22.7 Å². The number of pyridine rings is 1. The van der Waals surface area contributed by atoms with E-state index in [9.17, 15) is 10.4 Å². The number of hydrogen-bond donors (Lipinski definition) is 2. The standard InChI is InChI=1S/C30H32N6O2S/c1-21-26(18-31)28(23-5-3-11-32-19-23)29(39-21)27-8-12-33-30(35-27)34-24-6-2-7-25(17-24)38-16-4-13-36-14-9-22(20-37)10-15-36/h2-3,5-8,11-12,17,19,22,37H,4,9-10,13-16,20H2,1H3,(H,33,34,35). The van der Waals surface area contributed by atoms with Crippen molar-refractivity contribution in [2.24, 2.45) is 5.92 Å². The molecule has 0 aliphatic carbocycles. The topological polar surface area (TPSA) is 107 Å². The van der Waals surface area contributed by atoms with Crippen LogP contribution >= 0.6 is 11.3 Å². The zero-order valence-electron chi connectivity index (χ0n) is 22.0. The number of aliphatic hydroxyl groups excluding tert-OH is 1. The Hall–Kier alpha value is -3.84. The molecule has 1 saturated heterocycles. The van der Waals surface area contributed by atoms with Crippen LogP contribution in [0.4, 0.5) is 11.6 Å². The summed E-state index contributed by atoms with van der Waals surface area (Å²) in [6, 6.07) is 15.9. The fourth-order valence-corrected chi connectivity index (χ4v) is 5.95. The Bertz CT molecular complexity index is 1430. The van der Waals surface area contributed by atoms with Crippen LogP contribution in [-0.2, 0) is 0 Å². The zero-order chi connectivity index (χ0) is 27.0. The molecule has 8 nitrogen and oxygen atoms in total. The molecule has 9 heteroatoms. The molecule has 0 saturated carbocycles. The smallest absolute Gasteiger partial charge is 0.227 e. The second-order valence-corrected chi connectivity index (χ2v) is 10.9. The summed E-state index contributed by atoms with van der Waals surface area (Å²) in [5, 5.41) is 22.4. The van der Waals surface area contributed by atoms with Gasteiger partial charge >= 0.3 is 0 Å². The summed E-state index contributed by atoms with van der Waals surface area (Å²) < 4.78 is 6.02. The van der Waals surface area contributed by atoms with E-state index in [0.29, 0.717) is 30.6 Å². The van der Waals surface area contributed by atoms with Crippen LogP contribution in [0.3, 0.4) is 0 Å². The van der Waals surface area contributed by atoms with Crippen molar-refractivity contribution >= 4 is 23.0 Å². The van der Waals surface area contributed by atoms with Gasteiger partial charge in [0.15, 0.2) is 0 Å². The Morgan fingerprint density at radius 3 is 2.82 bits per heavy atom. The first-order valence-corrected chi connectivity index (χ1v) is 14.1. The largest absolute Gasteiger partial charge is 0.493 e. The van der Waals surface area contributed by atoms with Crippen molar-refractivity contribution in [3.63, 3.8) is 0 Å². The number of nitrogens with one attached hydrogen (secondary N) is 1. The van der Waals surface area contributed by atoms with E-state index in [2.05, 4.69) is 26.3 Å². The van der Waals surface area contributed by atoms with Crippen LogP contribution in [0.5, 0.6) is 5.75 Å². The van der Waals surface area contributed by atoms with Crippen LogP contribution in [0.2, 0.25) is 0 Å². The molecule has 1 fully saturated rings. The number of thiophene rings is 1. The van der Waals surface area contributed by atoms with Crippen LogP contribution in [-0.4, -0.2) is 57.8 Å². The van der Waals surface area contributed by atoms with Crippen LogP contribution in [0.15, 0.2) is 61.1 Å². The zero-order valence-corrected chi connectivity index (χ0v) is 22.8. The SMILES string of the molecule is Cc1sc(-c2ccnc(Nc3cccc(OCCCN4CCC(CO)CC4)c3)n2)c(-c2cccnc2)c1C#N. The normalized spacial score (nSPS) is 14.2. The first-order chi connectivity index (χ1) is 19.1. The van der Waals surface area contributed by atoms with E-state index in [1.54, 1.807) is 29.9 Å². The van der Waals surface area contributed by atoms with Gasteiger partial charge in [0, 0.05) is 59.5 Å².